The lowest BCUT2D eigenvalue weighted by Gasteiger charge is -2.25. The van der Waals surface area contributed by atoms with Gasteiger partial charge in [0, 0.05) is 40.7 Å². The van der Waals surface area contributed by atoms with Gasteiger partial charge in [-0.3, -0.25) is 0 Å². The first kappa shape index (κ1) is 21.0. The standard InChI is InChI=1S/C18H18ClNO6S3/c19-14-7-12-9-24-11-26-16(12)13(8-14)10-25-18(21)17-15(1-4-28-17)29(22,23)20-2-5-27-6-3-20/h1,4,7-8H,2-3,5-6,9-11H2. The van der Waals surface area contributed by atoms with Crippen LogP contribution in [0.15, 0.2) is 28.5 Å². The molecule has 0 aliphatic carbocycles. The number of rotatable bonds is 5. The van der Waals surface area contributed by atoms with E-state index in [0.717, 1.165) is 28.4 Å². The number of sulfonamides is 1. The largest absolute Gasteiger partial charge is 0.467 e. The summed E-state index contributed by atoms with van der Waals surface area (Å²) in [4.78, 5) is 12.8. The first-order valence-electron chi connectivity index (χ1n) is 8.81. The highest BCUT2D eigenvalue weighted by Crippen LogP contribution is 2.33. The number of carbonyl (C=O) groups is 1. The molecule has 0 radical (unpaired) electrons. The minimum Gasteiger partial charge on any atom is -0.467 e. The van der Waals surface area contributed by atoms with Crippen LogP contribution in [0.1, 0.15) is 20.8 Å². The van der Waals surface area contributed by atoms with E-state index in [-0.39, 0.29) is 23.2 Å². The molecule has 0 atom stereocenters. The molecule has 1 fully saturated rings. The highest BCUT2D eigenvalue weighted by molar-refractivity contribution is 7.99. The van der Waals surface area contributed by atoms with Gasteiger partial charge in [-0.15, -0.1) is 11.3 Å². The van der Waals surface area contributed by atoms with Gasteiger partial charge in [0.25, 0.3) is 0 Å². The molecule has 0 unspecified atom stereocenters. The number of carbonyl (C=O) groups excluding carboxylic acids is 1. The van der Waals surface area contributed by atoms with Gasteiger partial charge in [0.2, 0.25) is 10.0 Å². The van der Waals surface area contributed by atoms with Gasteiger partial charge < -0.3 is 14.2 Å². The summed E-state index contributed by atoms with van der Waals surface area (Å²) in [6, 6.07) is 4.86. The molecule has 11 heteroatoms. The summed E-state index contributed by atoms with van der Waals surface area (Å²) in [6.45, 7) is 1.26. The van der Waals surface area contributed by atoms with E-state index in [1.807, 2.05) is 0 Å². The maximum Gasteiger partial charge on any atom is 0.350 e. The molecule has 0 bridgehead atoms. The number of nitrogens with zero attached hydrogens (tertiary/aromatic N) is 1. The maximum atomic E-state index is 12.9. The van der Waals surface area contributed by atoms with Crippen molar-refractivity contribution in [3.63, 3.8) is 0 Å². The lowest BCUT2D eigenvalue weighted by Crippen LogP contribution is -2.38. The first-order valence-corrected chi connectivity index (χ1v) is 12.7. The van der Waals surface area contributed by atoms with Crippen LogP contribution in [0.2, 0.25) is 5.02 Å². The number of fused-ring (bicyclic) bond motifs is 1. The van der Waals surface area contributed by atoms with Crippen LogP contribution in [-0.4, -0.2) is 50.1 Å². The van der Waals surface area contributed by atoms with Gasteiger partial charge in [0.1, 0.15) is 22.1 Å². The molecule has 0 N–H and O–H groups in total. The molecule has 4 rings (SSSR count). The molecule has 1 aromatic carbocycles. The zero-order chi connectivity index (χ0) is 20.4. The number of hydrogen-bond acceptors (Lipinski definition) is 8. The Morgan fingerprint density at radius 2 is 2.07 bits per heavy atom. The topological polar surface area (TPSA) is 82.1 Å². The Morgan fingerprint density at radius 1 is 1.28 bits per heavy atom. The molecule has 3 heterocycles. The Bertz CT molecular complexity index is 1020. The minimum atomic E-state index is -3.73. The lowest BCUT2D eigenvalue weighted by molar-refractivity contribution is -0.0180. The molecule has 156 valence electrons. The molecule has 29 heavy (non-hydrogen) atoms. The van der Waals surface area contributed by atoms with Gasteiger partial charge in [-0.25, -0.2) is 13.2 Å². The van der Waals surface area contributed by atoms with Crippen molar-refractivity contribution in [3.05, 3.63) is 44.6 Å². The molecule has 7 nitrogen and oxygen atoms in total. The SMILES string of the molecule is O=C(OCc1cc(Cl)cc2c1OCOC2)c1sccc1S(=O)(=O)N1CCSCC1. The smallest absolute Gasteiger partial charge is 0.350 e. The first-order chi connectivity index (χ1) is 14.0. The van der Waals surface area contributed by atoms with E-state index in [1.165, 1.54) is 10.4 Å². The number of halogens is 1. The number of thioether (sulfide) groups is 1. The third kappa shape index (κ3) is 4.42. The van der Waals surface area contributed by atoms with Crippen LogP contribution < -0.4 is 4.74 Å². The monoisotopic (exact) mass is 475 g/mol. The van der Waals surface area contributed by atoms with Crippen LogP contribution in [-0.2, 0) is 32.7 Å². The van der Waals surface area contributed by atoms with Crippen molar-refractivity contribution in [1.29, 1.82) is 0 Å². The summed E-state index contributed by atoms with van der Waals surface area (Å²) in [6.07, 6.45) is 0. The van der Waals surface area contributed by atoms with E-state index >= 15 is 0 Å². The lowest BCUT2D eigenvalue weighted by atomic mass is 10.1. The number of esters is 1. The second-order valence-corrected chi connectivity index (χ2v) is 10.9. The van der Waals surface area contributed by atoms with Crippen molar-refractivity contribution in [2.75, 3.05) is 31.4 Å². The summed E-state index contributed by atoms with van der Waals surface area (Å²) in [5, 5.41) is 2.07. The Morgan fingerprint density at radius 3 is 2.86 bits per heavy atom. The Kier molecular flexibility index (Phi) is 6.38. The Labute approximate surface area is 181 Å². The van der Waals surface area contributed by atoms with E-state index in [0.29, 0.717) is 36.0 Å². The van der Waals surface area contributed by atoms with Gasteiger partial charge in [-0.2, -0.15) is 16.1 Å². The third-order valence-corrected chi connectivity index (χ3v) is 8.64. The average Bonchev–Trinajstić information content (AvgIpc) is 3.23. The molecule has 2 aliphatic heterocycles. The Balaban J connectivity index is 1.52. The fourth-order valence-corrected chi connectivity index (χ4v) is 7.27. The average molecular weight is 476 g/mol. The van der Waals surface area contributed by atoms with Gasteiger partial charge in [-0.1, -0.05) is 11.6 Å². The van der Waals surface area contributed by atoms with Crippen LogP contribution in [0.3, 0.4) is 0 Å². The quantitative estimate of drug-likeness (QED) is 0.613. The van der Waals surface area contributed by atoms with Crippen molar-refractivity contribution in [2.45, 2.75) is 18.1 Å². The van der Waals surface area contributed by atoms with Crippen molar-refractivity contribution in [2.24, 2.45) is 0 Å². The molecule has 0 spiro atoms. The molecule has 1 aromatic heterocycles. The van der Waals surface area contributed by atoms with Crippen molar-refractivity contribution in [3.8, 4) is 5.75 Å². The minimum absolute atomic E-state index is 0.00262. The normalized spacial score (nSPS) is 17.4. The van der Waals surface area contributed by atoms with Gasteiger partial charge in [-0.05, 0) is 23.6 Å². The maximum absolute atomic E-state index is 12.9. The van der Waals surface area contributed by atoms with Gasteiger partial charge in [0.05, 0.1) is 6.61 Å². The molecular formula is C18H18ClNO6S3. The fourth-order valence-electron chi connectivity index (χ4n) is 3.15. The number of thiophene rings is 1. The van der Waals surface area contributed by atoms with Crippen molar-refractivity contribution in [1.82, 2.24) is 4.31 Å². The number of ether oxygens (including phenoxy) is 3. The molecular weight excluding hydrogens is 458 g/mol. The fraction of sp³-hybridized carbons (Fsp3) is 0.389. The van der Waals surface area contributed by atoms with Crippen LogP contribution in [0.5, 0.6) is 5.75 Å². The second kappa shape index (κ2) is 8.83. The van der Waals surface area contributed by atoms with Crippen LogP contribution in [0.25, 0.3) is 0 Å². The van der Waals surface area contributed by atoms with Gasteiger partial charge in [0.15, 0.2) is 6.79 Å². The van der Waals surface area contributed by atoms with Crippen LogP contribution in [0, 0.1) is 0 Å². The summed E-state index contributed by atoms with van der Waals surface area (Å²) >= 11 is 8.90. The van der Waals surface area contributed by atoms with Crippen LogP contribution in [0.4, 0.5) is 0 Å². The molecule has 1 saturated heterocycles. The molecule has 2 aliphatic rings. The van der Waals surface area contributed by atoms with E-state index in [1.54, 1.807) is 29.3 Å². The second-order valence-electron chi connectivity index (χ2n) is 6.37. The van der Waals surface area contributed by atoms with E-state index in [4.69, 9.17) is 25.8 Å². The van der Waals surface area contributed by atoms with E-state index < -0.39 is 16.0 Å². The third-order valence-electron chi connectivity index (χ3n) is 4.51. The predicted octanol–water partition coefficient (Wildman–Crippen LogP) is 3.36. The molecule has 0 saturated carbocycles. The number of hydrogen-bond donors (Lipinski definition) is 0. The summed E-state index contributed by atoms with van der Waals surface area (Å²) in [5.74, 6) is 1.38. The molecule has 2 aromatic rings. The molecule has 0 amide bonds. The van der Waals surface area contributed by atoms with Crippen molar-refractivity contribution < 1.29 is 27.4 Å². The zero-order valence-corrected chi connectivity index (χ0v) is 18.5. The van der Waals surface area contributed by atoms with Crippen LogP contribution >= 0.6 is 34.7 Å². The summed E-state index contributed by atoms with van der Waals surface area (Å²) in [5.41, 5.74) is 1.38. The zero-order valence-electron chi connectivity index (χ0n) is 15.3. The van der Waals surface area contributed by atoms with Gasteiger partial charge >= 0.3 is 5.97 Å². The summed E-state index contributed by atoms with van der Waals surface area (Å²) in [7, 11) is -3.73. The van der Waals surface area contributed by atoms with E-state index in [9.17, 15) is 13.2 Å². The predicted molar refractivity (Wildman–Crippen MR) is 111 cm³/mol. The number of benzene rings is 1. The summed E-state index contributed by atoms with van der Waals surface area (Å²) < 4.78 is 43.5. The highest BCUT2D eigenvalue weighted by Gasteiger charge is 2.32. The van der Waals surface area contributed by atoms with E-state index in [2.05, 4.69) is 0 Å². The highest BCUT2D eigenvalue weighted by atomic mass is 35.5. The Hall–Kier alpha value is -1.30. The van der Waals surface area contributed by atoms with Crippen molar-refractivity contribution >= 4 is 50.7 Å².